The van der Waals surface area contributed by atoms with Gasteiger partial charge in [-0.3, -0.25) is 0 Å². The SMILES string of the molecule is Clc1cc(Cl)c(NC2CNC2)cc1Cl. The van der Waals surface area contributed by atoms with Crippen molar-refractivity contribution >= 4 is 40.5 Å². The van der Waals surface area contributed by atoms with Gasteiger partial charge in [0.15, 0.2) is 0 Å². The fraction of sp³-hybridized carbons (Fsp3) is 0.333. The standard InChI is InChI=1S/C9H9Cl3N2/c10-6-1-8(12)9(2-7(6)11)14-5-3-13-4-5/h1-2,5,13-14H,3-4H2. The highest BCUT2D eigenvalue weighted by atomic mass is 35.5. The molecule has 76 valence electrons. The third-order valence-electron chi connectivity index (χ3n) is 2.15. The van der Waals surface area contributed by atoms with E-state index < -0.39 is 0 Å². The van der Waals surface area contributed by atoms with Gasteiger partial charge in [-0.15, -0.1) is 0 Å². The molecule has 0 amide bonds. The van der Waals surface area contributed by atoms with E-state index in [2.05, 4.69) is 10.6 Å². The Bertz CT molecular complexity index is 350. The van der Waals surface area contributed by atoms with Gasteiger partial charge in [0, 0.05) is 13.1 Å². The van der Waals surface area contributed by atoms with Crippen molar-refractivity contribution in [3.05, 3.63) is 27.2 Å². The predicted octanol–water partition coefficient (Wildman–Crippen LogP) is 3.03. The topological polar surface area (TPSA) is 24.1 Å². The maximum Gasteiger partial charge on any atom is 0.0653 e. The summed E-state index contributed by atoms with van der Waals surface area (Å²) in [6.07, 6.45) is 0. The zero-order chi connectivity index (χ0) is 10.1. The fourth-order valence-electron chi connectivity index (χ4n) is 1.24. The molecule has 5 heteroatoms. The Morgan fingerprint density at radius 2 is 1.71 bits per heavy atom. The number of rotatable bonds is 2. The average Bonchev–Trinajstić information content (AvgIpc) is 2.06. The van der Waals surface area contributed by atoms with Gasteiger partial charge in [0.05, 0.1) is 26.8 Å². The molecule has 2 N–H and O–H groups in total. The van der Waals surface area contributed by atoms with Gasteiger partial charge in [-0.2, -0.15) is 0 Å². The Labute approximate surface area is 97.5 Å². The van der Waals surface area contributed by atoms with Crippen molar-refractivity contribution in [2.75, 3.05) is 18.4 Å². The first-order valence-corrected chi connectivity index (χ1v) is 5.42. The molecule has 0 unspecified atom stereocenters. The highest BCUT2D eigenvalue weighted by Gasteiger charge is 2.17. The Morgan fingerprint density at radius 1 is 1.07 bits per heavy atom. The van der Waals surface area contributed by atoms with Crippen molar-refractivity contribution < 1.29 is 0 Å². The number of halogens is 3. The lowest BCUT2D eigenvalue weighted by Gasteiger charge is -2.29. The molecule has 0 radical (unpaired) electrons. The van der Waals surface area contributed by atoms with Gasteiger partial charge in [-0.25, -0.2) is 0 Å². The lowest BCUT2D eigenvalue weighted by molar-refractivity contribution is 0.472. The summed E-state index contributed by atoms with van der Waals surface area (Å²) in [5.41, 5.74) is 0.840. The third-order valence-corrected chi connectivity index (χ3v) is 3.19. The van der Waals surface area contributed by atoms with Crippen LogP contribution in [0.5, 0.6) is 0 Å². The Kier molecular flexibility index (Phi) is 3.07. The molecule has 0 bridgehead atoms. The van der Waals surface area contributed by atoms with E-state index in [1.807, 2.05) is 0 Å². The molecule has 0 aliphatic carbocycles. The summed E-state index contributed by atoms with van der Waals surface area (Å²) in [7, 11) is 0. The average molecular weight is 252 g/mol. The Hall–Kier alpha value is -0.150. The van der Waals surface area contributed by atoms with Crippen molar-refractivity contribution in [1.29, 1.82) is 0 Å². The van der Waals surface area contributed by atoms with Crippen LogP contribution in [0.15, 0.2) is 12.1 Å². The van der Waals surface area contributed by atoms with E-state index in [0.717, 1.165) is 18.8 Å². The molecule has 0 saturated carbocycles. The van der Waals surface area contributed by atoms with Crippen LogP contribution in [-0.2, 0) is 0 Å². The molecular weight excluding hydrogens is 242 g/mol. The molecule has 1 aliphatic heterocycles. The second-order valence-electron chi connectivity index (χ2n) is 3.25. The minimum Gasteiger partial charge on any atom is -0.378 e. The first-order chi connectivity index (χ1) is 6.66. The summed E-state index contributed by atoms with van der Waals surface area (Å²) in [4.78, 5) is 0. The van der Waals surface area contributed by atoms with Crippen molar-refractivity contribution in [2.45, 2.75) is 6.04 Å². The van der Waals surface area contributed by atoms with Crippen molar-refractivity contribution in [3.63, 3.8) is 0 Å². The smallest absolute Gasteiger partial charge is 0.0653 e. The normalized spacial score (nSPS) is 16.5. The molecule has 1 aromatic carbocycles. The highest BCUT2D eigenvalue weighted by molar-refractivity contribution is 6.44. The van der Waals surface area contributed by atoms with Gasteiger partial charge in [0.2, 0.25) is 0 Å². The number of benzene rings is 1. The second kappa shape index (κ2) is 4.15. The van der Waals surface area contributed by atoms with Gasteiger partial charge in [0.25, 0.3) is 0 Å². The molecular formula is C9H9Cl3N2. The summed E-state index contributed by atoms with van der Waals surface area (Å²) in [5, 5.41) is 8.04. The van der Waals surface area contributed by atoms with E-state index in [4.69, 9.17) is 34.8 Å². The zero-order valence-electron chi connectivity index (χ0n) is 7.28. The molecule has 14 heavy (non-hydrogen) atoms. The zero-order valence-corrected chi connectivity index (χ0v) is 9.55. The lowest BCUT2D eigenvalue weighted by atomic mass is 10.1. The number of hydrogen-bond donors (Lipinski definition) is 2. The van der Waals surface area contributed by atoms with E-state index in [1.54, 1.807) is 12.1 Å². The van der Waals surface area contributed by atoms with E-state index >= 15 is 0 Å². The highest BCUT2D eigenvalue weighted by Crippen LogP contribution is 2.32. The fourth-order valence-corrected chi connectivity index (χ4v) is 1.85. The number of nitrogens with one attached hydrogen (secondary N) is 2. The van der Waals surface area contributed by atoms with E-state index in [1.165, 1.54) is 0 Å². The van der Waals surface area contributed by atoms with Crippen LogP contribution in [0.2, 0.25) is 15.1 Å². The summed E-state index contributed by atoms with van der Waals surface area (Å²) in [6.45, 7) is 1.91. The van der Waals surface area contributed by atoms with Gasteiger partial charge < -0.3 is 10.6 Å². The molecule has 0 spiro atoms. The van der Waals surface area contributed by atoms with E-state index in [-0.39, 0.29) is 0 Å². The monoisotopic (exact) mass is 250 g/mol. The first-order valence-electron chi connectivity index (χ1n) is 4.28. The Balaban J connectivity index is 2.19. The minimum absolute atomic E-state index is 0.435. The van der Waals surface area contributed by atoms with Crippen LogP contribution in [0.4, 0.5) is 5.69 Å². The Morgan fingerprint density at radius 3 is 2.29 bits per heavy atom. The lowest BCUT2D eigenvalue weighted by Crippen LogP contribution is -2.51. The largest absolute Gasteiger partial charge is 0.378 e. The molecule has 0 aromatic heterocycles. The number of hydrogen-bond acceptors (Lipinski definition) is 2. The van der Waals surface area contributed by atoms with Crippen LogP contribution >= 0.6 is 34.8 Å². The van der Waals surface area contributed by atoms with Crippen molar-refractivity contribution in [3.8, 4) is 0 Å². The maximum absolute atomic E-state index is 6.00. The second-order valence-corrected chi connectivity index (χ2v) is 4.47. The molecule has 2 rings (SSSR count). The third kappa shape index (κ3) is 2.09. The summed E-state index contributed by atoms with van der Waals surface area (Å²) in [5.74, 6) is 0. The van der Waals surface area contributed by atoms with Crippen LogP contribution in [0.1, 0.15) is 0 Å². The van der Waals surface area contributed by atoms with Crippen molar-refractivity contribution in [1.82, 2.24) is 5.32 Å². The van der Waals surface area contributed by atoms with E-state index in [9.17, 15) is 0 Å². The summed E-state index contributed by atoms with van der Waals surface area (Å²) < 4.78 is 0. The molecule has 1 heterocycles. The molecule has 1 saturated heterocycles. The molecule has 1 aliphatic rings. The molecule has 1 aromatic rings. The molecule has 1 fully saturated rings. The van der Waals surface area contributed by atoms with Crippen LogP contribution in [0.25, 0.3) is 0 Å². The van der Waals surface area contributed by atoms with Gasteiger partial charge in [-0.05, 0) is 12.1 Å². The van der Waals surface area contributed by atoms with Crippen LogP contribution < -0.4 is 10.6 Å². The predicted molar refractivity (Wildman–Crippen MR) is 61.8 cm³/mol. The maximum atomic E-state index is 6.00. The minimum atomic E-state index is 0.435. The summed E-state index contributed by atoms with van der Waals surface area (Å²) in [6, 6.07) is 3.84. The van der Waals surface area contributed by atoms with Crippen LogP contribution in [-0.4, -0.2) is 19.1 Å². The molecule has 0 atom stereocenters. The van der Waals surface area contributed by atoms with Gasteiger partial charge in [-0.1, -0.05) is 34.8 Å². The first kappa shape index (κ1) is 10.4. The van der Waals surface area contributed by atoms with Gasteiger partial charge >= 0.3 is 0 Å². The van der Waals surface area contributed by atoms with Gasteiger partial charge in [0.1, 0.15) is 0 Å². The van der Waals surface area contributed by atoms with Crippen LogP contribution in [0.3, 0.4) is 0 Å². The number of anilines is 1. The molecule has 2 nitrogen and oxygen atoms in total. The van der Waals surface area contributed by atoms with Crippen molar-refractivity contribution in [2.24, 2.45) is 0 Å². The van der Waals surface area contributed by atoms with Crippen LogP contribution in [0, 0.1) is 0 Å². The quantitative estimate of drug-likeness (QED) is 0.790. The summed E-state index contributed by atoms with van der Waals surface area (Å²) >= 11 is 17.7. The van der Waals surface area contributed by atoms with E-state index in [0.29, 0.717) is 21.1 Å².